The second-order valence-electron chi connectivity index (χ2n) is 8.93. The van der Waals surface area contributed by atoms with Crippen molar-refractivity contribution in [2.24, 2.45) is 0 Å². The molecule has 2 aromatic heterocycles. The first kappa shape index (κ1) is 21.3. The van der Waals surface area contributed by atoms with Gasteiger partial charge >= 0.3 is 0 Å². The van der Waals surface area contributed by atoms with E-state index in [0.717, 1.165) is 21.8 Å². The zero-order chi connectivity index (χ0) is 22.6. The quantitative estimate of drug-likeness (QED) is 0.190. The second kappa shape index (κ2) is 9.54. The molecule has 0 fully saturated rings. The Morgan fingerprint density at radius 2 is 1.27 bits per heavy atom. The van der Waals surface area contributed by atoms with Gasteiger partial charge in [0.25, 0.3) is 0 Å². The van der Waals surface area contributed by atoms with Crippen LogP contribution in [0.2, 0.25) is 0 Å². The Morgan fingerprint density at radius 3 is 2.00 bits per heavy atom. The Morgan fingerprint density at radius 1 is 0.636 bits per heavy atom. The van der Waals surface area contributed by atoms with Gasteiger partial charge in [-0.2, -0.15) is 0 Å². The molecule has 2 heterocycles. The van der Waals surface area contributed by atoms with E-state index in [9.17, 15) is 0 Å². The molecule has 2 heteroatoms. The average molecular weight is 431 g/mol. The maximum absolute atomic E-state index is 4.80. The summed E-state index contributed by atoms with van der Waals surface area (Å²) in [5.74, 6) is 0.527. The molecular formula is C31H30N2. The molecule has 2 nitrogen and oxygen atoms in total. The van der Waals surface area contributed by atoms with Crippen molar-refractivity contribution < 1.29 is 0 Å². The monoisotopic (exact) mass is 430 g/mol. The van der Waals surface area contributed by atoms with Crippen molar-refractivity contribution in [2.75, 3.05) is 0 Å². The topological polar surface area (TPSA) is 25.8 Å². The van der Waals surface area contributed by atoms with Crippen molar-refractivity contribution >= 4 is 21.8 Å². The summed E-state index contributed by atoms with van der Waals surface area (Å²) in [6, 6.07) is 28.1. The van der Waals surface area contributed by atoms with Crippen LogP contribution in [0, 0.1) is 0 Å². The molecule has 164 valence electrons. The third kappa shape index (κ3) is 4.14. The number of rotatable bonds is 7. The van der Waals surface area contributed by atoms with Crippen molar-refractivity contribution in [1.82, 2.24) is 9.97 Å². The number of unbranched alkanes of at least 4 members (excludes halogenated alkanes) is 2. The third-order valence-electron chi connectivity index (χ3n) is 6.73. The van der Waals surface area contributed by atoms with E-state index in [1.807, 2.05) is 12.4 Å². The third-order valence-corrected chi connectivity index (χ3v) is 6.73. The highest BCUT2D eigenvalue weighted by Gasteiger charge is 2.16. The van der Waals surface area contributed by atoms with Gasteiger partial charge in [-0.25, -0.2) is 0 Å². The van der Waals surface area contributed by atoms with E-state index >= 15 is 0 Å². The Balaban J connectivity index is 1.66. The predicted octanol–water partition coefficient (Wildman–Crippen LogP) is 8.80. The van der Waals surface area contributed by atoms with Crippen LogP contribution in [-0.2, 0) is 0 Å². The molecule has 5 aromatic rings. The molecule has 0 bridgehead atoms. The molecule has 33 heavy (non-hydrogen) atoms. The van der Waals surface area contributed by atoms with E-state index in [2.05, 4.69) is 92.7 Å². The van der Waals surface area contributed by atoms with Gasteiger partial charge in [0, 0.05) is 23.2 Å². The smallest absolute Gasteiger partial charge is 0.0970 e. The van der Waals surface area contributed by atoms with Gasteiger partial charge in [0.2, 0.25) is 0 Å². The highest BCUT2D eigenvalue weighted by atomic mass is 14.7. The molecule has 3 aromatic carbocycles. The van der Waals surface area contributed by atoms with Crippen molar-refractivity contribution in [1.29, 1.82) is 0 Å². The SMILES string of the molecule is CCCCCC(C)c1ccccc1-c1ccnc2c1ccc1c(-c3ccccc3)ccnc12. The fraction of sp³-hybridized carbons (Fsp3) is 0.226. The number of aromatic nitrogens is 2. The lowest BCUT2D eigenvalue weighted by Crippen LogP contribution is -1.98. The Bertz CT molecular complexity index is 1390. The van der Waals surface area contributed by atoms with Crippen molar-refractivity contribution in [3.05, 3.63) is 96.8 Å². The highest BCUT2D eigenvalue weighted by Crippen LogP contribution is 2.38. The molecule has 5 rings (SSSR count). The summed E-state index contributed by atoms with van der Waals surface area (Å²) in [7, 11) is 0. The second-order valence-corrected chi connectivity index (χ2v) is 8.93. The summed E-state index contributed by atoms with van der Waals surface area (Å²) < 4.78 is 0. The van der Waals surface area contributed by atoms with Gasteiger partial charge in [-0.1, -0.05) is 99.8 Å². The number of benzene rings is 3. The van der Waals surface area contributed by atoms with E-state index in [-0.39, 0.29) is 0 Å². The minimum absolute atomic E-state index is 0.527. The minimum atomic E-state index is 0.527. The van der Waals surface area contributed by atoms with Crippen LogP contribution in [0.5, 0.6) is 0 Å². The van der Waals surface area contributed by atoms with Crippen LogP contribution in [0.25, 0.3) is 44.1 Å². The average Bonchev–Trinajstić information content (AvgIpc) is 2.88. The number of nitrogens with zero attached hydrogens (tertiary/aromatic N) is 2. The predicted molar refractivity (Wildman–Crippen MR) is 140 cm³/mol. The first-order valence-corrected chi connectivity index (χ1v) is 12.1. The van der Waals surface area contributed by atoms with Crippen molar-refractivity contribution in [2.45, 2.75) is 45.4 Å². The van der Waals surface area contributed by atoms with Gasteiger partial charge in [-0.3, -0.25) is 9.97 Å². The standard InChI is InChI=1S/C31H30N2/c1-3-4-6-11-22(2)24-14-9-10-15-26(24)27-19-21-33-31-29(27)17-16-28-25(18-20-32-30(28)31)23-12-7-5-8-13-23/h5,7-10,12-22H,3-4,6,11H2,1-2H3. The van der Waals surface area contributed by atoms with Gasteiger partial charge in [0.15, 0.2) is 0 Å². The zero-order valence-electron chi connectivity index (χ0n) is 19.5. The molecule has 0 saturated heterocycles. The number of hydrogen-bond acceptors (Lipinski definition) is 2. The maximum atomic E-state index is 4.80. The summed E-state index contributed by atoms with van der Waals surface area (Å²) in [6.45, 7) is 4.63. The fourth-order valence-electron chi connectivity index (χ4n) is 4.96. The Labute approximate surface area is 196 Å². The van der Waals surface area contributed by atoms with Crippen molar-refractivity contribution in [3.63, 3.8) is 0 Å². The lowest BCUT2D eigenvalue weighted by molar-refractivity contribution is 0.599. The van der Waals surface area contributed by atoms with E-state index in [1.165, 1.54) is 53.5 Å². The van der Waals surface area contributed by atoms with Gasteiger partial charge in [-0.05, 0) is 52.3 Å². The molecule has 0 N–H and O–H groups in total. The molecular weight excluding hydrogens is 400 g/mol. The molecule has 0 aliphatic heterocycles. The maximum Gasteiger partial charge on any atom is 0.0970 e. The highest BCUT2D eigenvalue weighted by molar-refractivity contribution is 6.11. The largest absolute Gasteiger partial charge is 0.254 e. The van der Waals surface area contributed by atoms with E-state index in [1.54, 1.807) is 0 Å². The van der Waals surface area contributed by atoms with E-state index in [4.69, 9.17) is 9.97 Å². The van der Waals surface area contributed by atoms with Crippen LogP contribution in [0.1, 0.15) is 51.0 Å². The minimum Gasteiger partial charge on any atom is -0.254 e. The summed E-state index contributed by atoms with van der Waals surface area (Å²) in [4.78, 5) is 9.58. The molecule has 0 radical (unpaired) electrons. The fourth-order valence-corrected chi connectivity index (χ4v) is 4.96. The van der Waals surface area contributed by atoms with Crippen LogP contribution in [0.3, 0.4) is 0 Å². The Kier molecular flexibility index (Phi) is 6.17. The molecule has 0 aliphatic rings. The van der Waals surface area contributed by atoms with Gasteiger partial charge in [0.1, 0.15) is 0 Å². The van der Waals surface area contributed by atoms with Gasteiger partial charge < -0.3 is 0 Å². The lowest BCUT2D eigenvalue weighted by atomic mass is 9.87. The molecule has 0 amide bonds. The first-order chi connectivity index (χ1) is 16.3. The molecule has 1 atom stereocenters. The molecule has 0 saturated carbocycles. The van der Waals surface area contributed by atoms with Crippen LogP contribution in [0.4, 0.5) is 0 Å². The van der Waals surface area contributed by atoms with Gasteiger partial charge in [-0.15, -0.1) is 0 Å². The zero-order valence-corrected chi connectivity index (χ0v) is 19.5. The van der Waals surface area contributed by atoms with Gasteiger partial charge in [0.05, 0.1) is 11.0 Å². The van der Waals surface area contributed by atoms with Crippen LogP contribution < -0.4 is 0 Å². The van der Waals surface area contributed by atoms with Crippen LogP contribution in [-0.4, -0.2) is 9.97 Å². The van der Waals surface area contributed by atoms with Crippen LogP contribution >= 0.6 is 0 Å². The number of pyridine rings is 2. The number of fused-ring (bicyclic) bond motifs is 3. The lowest BCUT2D eigenvalue weighted by Gasteiger charge is -2.18. The molecule has 0 aliphatic carbocycles. The first-order valence-electron chi connectivity index (χ1n) is 12.1. The Hall–Kier alpha value is -3.52. The molecule has 0 spiro atoms. The summed E-state index contributed by atoms with van der Waals surface area (Å²) >= 11 is 0. The number of hydrogen-bond donors (Lipinski definition) is 0. The summed E-state index contributed by atoms with van der Waals surface area (Å²) in [6.07, 6.45) is 8.90. The van der Waals surface area contributed by atoms with Crippen molar-refractivity contribution in [3.8, 4) is 22.3 Å². The normalized spacial score (nSPS) is 12.3. The van der Waals surface area contributed by atoms with E-state index in [0.29, 0.717) is 5.92 Å². The van der Waals surface area contributed by atoms with Crippen LogP contribution in [0.15, 0.2) is 91.3 Å². The van der Waals surface area contributed by atoms with E-state index < -0.39 is 0 Å². The summed E-state index contributed by atoms with van der Waals surface area (Å²) in [5, 5.41) is 2.30. The summed E-state index contributed by atoms with van der Waals surface area (Å²) in [5.41, 5.74) is 8.30. The molecule has 1 unspecified atom stereocenters.